The molecule has 1 atom stereocenters. The molecule has 0 aliphatic heterocycles. The molecule has 0 saturated heterocycles. The van der Waals surface area contributed by atoms with Crippen molar-refractivity contribution < 1.29 is 18.6 Å². The summed E-state index contributed by atoms with van der Waals surface area (Å²) in [6, 6.07) is 7.70. The first-order valence-electron chi connectivity index (χ1n) is 8.39. The Morgan fingerprint density at radius 3 is 2.68 bits per heavy atom. The van der Waals surface area contributed by atoms with E-state index in [2.05, 4.69) is 9.88 Å². The van der Waals surface area contributed by atoms with Crippen LogP contribution in [-0.4, -0.2) is 20.4 Å². The molecule has 0 bridgehead atoms. The highest BCUT2D eigenvalue weighted by molar-refractivity contribution is 7.86. The van der Waals surface area contributed by atoms with Gasteiger partial charge in [0.25, 0.3) is 0 Å². The van der Waals surface area contributed by atoms with Crippen molar-refractivity contribution >= 4 is 22.6 Å². The molecule has 136 valence electrons. The van der Waals surface area contributed by atoms with Gasteiger partial charge in [0.2, 0.25) is 0 Å². The highest BCUT2D eigenvalue weighted by Gasteiger charge is 2.13. The standard InChI is InChI=1S/C18H24N2O4S/c1-13-18(14(2)24-19-13)20-25(23)16-10-7-9-15(12-16)8-5-3-4-6-11-17(21)22/h7,9-10,12,20H,3-6,8,11H2,1-2H3,(H,21,22). The molecule has 1 aromatic heterocycles. The summed E-state index contributed by atoms with van der Waals surface area (Å²) in [6.07, 6.45) is 4.77. The first-order valence-corrected chi connectivity index (χ1v) is 9.54. The number of aryl methyl sites for hydroxylation is 3. The van der Waals surface area contributed by atoms with Crippen molar-refractivity contribution in [2.24, 2.45) is 0 Å². The molecule has 0 spiro atoms. The number of carboxylic acids is 1. The highest BCUT2D eigenvalue weighted by Crippen LogP contribution is 2.22. The fourth-order valence-electron chi connectivity index (χ4n) is 2.56. The van der Waals surface area contributed by atoms with Crippen LogP contribution in [0, 0.1) is 13.8 Å². The summed E-state index contributed by atoms with van der Waals surface area (Å²) < 4.78 is 20.6. The number of rotatable bonds is 10. The Bertz CT molecular complexity index is 723. The van der Waals surface area contributed by atoms with E-state index in [9.17, 15) is 9.00 Å². The summed E-state index contributed by atoms with van der Waals surface area (Å²) in [7, 11) is -1.37. The minimum atomic E-state index is -1.37. The molecule has 1 heterocycles. The third kappa shape index (κ3) is 6.01. The number of nitrogens with zero attached hydrogens (tertiary/aromatic N) is 1. The Morgan fingerprint density at radius 2 is 2.00 bits per heavy atom. The number of benzene rings is 1. The van der Waals surface area contributed by atoms with Crippen molar-refractivity contribution in [3.63, 3.8) is 0 Å². The summed E-state index contributed by atoms with van der Waals surface area (Å²) in [4.78, 5) is 11.2. The molecule has 2 aromatic rings. The van der Waals surface area contributed by atoms with Gasteiger partial charge in [0.15, 0.2) is 5.76 Å². The molecule has 0 saturated carbocycles. The van der Waals surface area contributed by atoms with Crippen LogP contribution in [0.25, 0.3) is 0 Å². The second-order valence-electron chi connectivity index (χ2n) is 6.03. The maximum Gasteiger partial charge on any atom is 0.303 e. The minimum absolute atomic E-state index is 0.238. The predicted octanol–water partition coefficient (Wildman–Crippen LogP) is 4.00. The quantitative estimate of drug-likeness (QED) is 0.622. The second-order valence-corrected chi connectivity index (χ2v) is 7.24. The average molecular weight is 364 g/mol. The van der Waals surface area contributed by atoms with E-state index in [1.165, 1.54) is 0 Å². The SMILES string of the molecule is Cc1noc(C)c1NS(=O)c1cccc(CCCCCCC(=O)O)c1. The van der Waals surface area contributed by atoms with Gasteiger partial charge in [-0.15, -0.1) is 0 Å². The fourth-order valence-corrected chi connectivity index (χ4v) is 3.61. The Labute approximate surface area is 150 Å². The van der Waals surface area contributed by atoms with Crippen molar-refractivity contribution in [1.29, 1.82) is 0 Å². The zero-order valence-electron chi connectivity index (χ0n) is 14.6. The summed E-state index contributed by atoms with van der Waals surface area (Å²) in [5.74, 6) is -0.121. The second kappa shape index (κ2) is 9.36. The Kier molecular flexibility index (Phi) is 7.18. The zero-order chi connectivity index (χ0) is 18.2. The van der Waals surface area contributed by atoms with Gasteiger partial charge in [-0.3, -0.25) is 9.52 Å². The van der Waals surface area contributed by atoms with Crippen LogP contribution < -0.4 is 4.72 Å². The lowest BCUT2D eigenvalue weighted by Gasteiger charge is -2.07. The molecule has 0 aliphatic carbocycles. The van der Waals surface area contributed by atoms with Crippen LogP contribution in [-0.2, 0) is 22.2 Å². The van der Waals surface area contributed by atoms with E-state index in [0.29, 0.717) is 22.0 Å². The van der Waals surface area contributed by atoms with Gasteiger partial charge in [-0.2, -0.15) is 0 Å². The number of hydrogen-bond donors (Lipinski definition) is 2. The molecule has 2 rings (SSSR count). The van der Waals surface area contributed by atoms with Crippen molar-refractivity contribution in [3.05, 3.63) is 41.3 Å². The third-order valence-electron chi connectivity index (χ3n) is 3.95. The maximum atomic E-state index is 12.5. The van der Waals surface area contributed by atoms with Gasteiger partial charge in [0.05, 0.1) is 4.90 Å². The van der Waals surface area contributed by atoms with E-state index >= 15 is 0 Å². The van der Waals surface area contributed by atoms with Gasteiger partial charge in [-0.05, 0) is 50.8 Å². The van der Waals surface area contributed by atoms with Gasteiger partial charge in [-0.1, -0.05) is 30.1 Å². The van der Waals surface area contributed by atoms with Crippen molar-refractivity contribution in [2.75, 3.05) is 4.72 Å². The molecule has 1 unspecified atom stereocenters. The predicted molar refractivity (Wildman–Crippen MR) is 96.9 cm³/mol. The number of aliphatic carboxylic acids is 1. The van der Waals surface area contributed by atoms with Crippen LogP contribution in [0.1, 0.15) is 49.1 Å². The van der Waals surface area contributed by atoms with E-state index < -0.39 is 17.0 Å². The van der Waals surface area contributed by atoms with Gasteiger partial charge < -0.3 is 9.63 Å². The Morgan fingerprint density at radius 1 is 1.24 bits per heavy atom. The smallest absolute Gasteiger partial charge is 0.303 e. The molecular weight excluding hydrogens is 340 g/mol. The van der Waals surface area contributed by atoms with Gasteiger partial charge in [0, 0.05) is 6.42 Å². The maximum absolute atomic E-state index is 12.5. The van der Waals surface area contributed by atoms with Crippen LogP contribution in [0.4, 0.5) is 5.69 Å². The lowest BCUT2D eigenvalue weighted by molar-refractivity contribution is -0.137. The van der Waals surface area contributed by atoms with Crippen molar-refractivity contribution in [2.45, 2.75) is 57.3 Å². The highest BCUT2D eigenvalue weighted by atomic mass is 32.2. The molecule has 0 fully saturated rings. The number of aromatic nitrogens is 1. The van der Waals surface area contributed by atoms with E-state index in [4.69, 9.17) is 9.63 Å². The molecule has 0 radical (unpaired) electrons. The number of carboxylic acid groups (broad SMARTS) is 1. The number of hydrogen-bond acceptors (Lipinski definition) is 4. The molecule has 0 aliphatic rings. The van der Waals surface area contributed by atoms with E-state index in [-0.39, 0.29) is 6.42 Å². The van der Waals surface area contributed by atoms with Crippen molar-refractivity contribution in [1.82, 2.24) is 5.16 Å². The van der Waals surface area contributed by atoms with Gasteiger partial charge in [0.1, 0.15) is 22.4 Å². The average Bonchev–Trinajstić information content (AvgIpc) is 2.90. The lowest BCUT2D eigenvalue weighted by atomic mass is 10.1. The Balaban J connectivity index is 1.86. The summed E-state index contributed by atoms with van der Waals surface area (Å²) in [6.45, 7) is 3.58. The zero-order valence-corrected chi connectivity index (χ0v) is 15.4. The molecule has 25 heavy (non-hydrogen) atoms. The largest absolute Gasteiger partial charge is 0.481 e. The first kappa shape index (κ1) is 19.2. The Hall–Kier alpha value is -2.15. The first-order chi connectivity index (χ1) is 12.0. The molecule has 7 heteroatoms. The van der Waals surface area contributed by atoms with Gasteiger partial charge in [-0.25, -0.2) is 4.21 Å². The van der Waals surface area contributed by atoms with E-state index in [1.54, 1.807) is 13.8 Å². The number of carbonyl (C=O) groups is 1. The van der Waals surface area contributed by atoms with Crippen LogP contribution in [0.3, 0.4) is 0 Å². The lowest BCUT2D eigenvalue weighted by Crippen LogP contribution is -2.06. The fraction of sp³-hybridized carbons (Fsp3) is 0.444. The van der Waals surface area contributed by atoms with Crippen molar-refractivity contribution in [3.8, 4) is 0 Å². The molecule has 0 amide bonds. The summed E-state index contributed by atoms with van der Waals surface area (Å²) in [5.41, 5.74) is 2.48. The van der Waals surface area contributed by atoms with Gasteiger partial charge >= 0.3 is 5.97 Å². The summed E-state index contributed by atoms with van der Waals surface area (Å²) in [5, 5.41) is 12.5. The number of nitrogens with one attached hydrogen (secondary N) is 1. The normalized spacial score (nSPS) is 12.1. The molecule has 6 nitrogen and oxygen atoms in total. The monoisotopic (exact) mass is 364 g/mol. The third-order valence-corrected chi connectivity index (χ3v) is 5.02. The topological polar surface area (TPSA) is 92.4 Å². The number of anilines is 1. The van der Waals surface area contributed by atoms with E-state index in [0.717, 1.165) is 37.7 Å². The van der Waals surface area contributed by atoms with Crippen LogP contribution in [0.5, 0.6) is 0 Å². The van der Waals surface area contributed by atoms with E-state index in [1.807, 2.05) is 24.3 Å². The molecular formula is C18H24N2O4S. The van der Waals surface area contributed by atoms with Crippen LogP contribution in [0.15, 0.2) is 33.7 Å². The molecule has 2 N–H and O–H groups in total. The minimum Gasteiger partial charge on any atom is -0.481 e. The van der Waals surface area contributed by atoms with Crippen LogP contribution >= 0.6 is 0 Å². The number of unbranched alkanes of at least 4 members (excludes halogenated alkanes) is 3. The van der Waals surface area contributed by atoms with Crippen LogP contribution in [0.2, 0.25) is 0 Å². The summed E-state index contributed by atoms with van der Waals surface area (Å²) >= 11 is 0. The molecule has 1 aromatic carbocycles.